The van der Waals surface area contributed by atoms with Gasteiger partial charge in [0.25, 0.3) is 0 Å². The number of benzene rings is 2. The molecule has 0 saturated carbocycles. The average molecular weight is 409 g/mol. The lowest BCUT2D eigenvalue weighted by Gasteiger charge is -2.21. The van der Waals surface area contributed by atoms with E-state index >= 15 is 0 Å². The molecular weight excluding hydrogens is 376 g/mol. The number of ether oxygens (including phenoxy) is 3. The van der Waals surface area contributed by atoms with Gasteiger partial charge in [-0.15, -0.1) is 0 Å². The van der Waals surface area contributed by atoms with Crippen molar-refractivity contribution in [1.29, 1.82) is 0 Å². The van der Waals surface area contributed by atoms with Crippen molar-refractivity contribution in [2.24, 2.45) is 0 Å². The quantitative estimate of drug-likeness (QED) is 0.367. The summed E-state index contributed by atoms with van der Waals surface area (Å²) in [6.45, 7) is 8.39. The third kappa shape index (κ3) is 5.32. The summed E-state index contributed by atoms with van der Waals surface area (Å²) in [5.41, 5.74) is 5.61. The van der Waals surface area contributed by atoms with Crippen LogP contribution in [0.2, 0.25) is 0 Å². The molecule has 2 aromatic rings. The predicted octanol–water partition coefficient (Wildman–Crippen LogP) is 6.18. The molecule has 0 aliphatic heterocycles. The first kappa shape index (κ1) is 23.3. The molecule has 160 valence electrons. The fourth-order valence-electron chi connectivity index (χ4n) is 3.33. The first-order chi connectivity index (χ1) is 14.3. The third-order valence-corrected chi connectivity index (χ3v) is 5.07. The monoisotopic (exact) mass is 408 g/mol. The van der Waals surface area contributed by atoms with Crippen LogP contribution in [0.3, 0.4) is 0 Å². The normalized spacial score (nSPS) is 10.2. The van der Waals surface area contributed by atoms with Gasteiger partial charge < -0.3 is 14.2 Å². The van der Waals surface area contributed by atoms with Crippen LogP contribution in [-0.2, 0) is 6.42 Å². The second kappa shape index (κ2) is 10.7. The van der Waals surface area contributed by atoms with E-state index in [-0.39, 0.29) is 5.78 Å². The van der Waals surface area contributed by atoms with Crippen molar-refractivity contribution in [2.75, 3.05) is 21.3 Å². The molecule has 0 unspecified atom stereocenters. The van der Waals surface area contributed by atoms with Gasteiger partial charge in [-0.05, 0) is 34.1 Å². The van der Waals surface area contributed by atoms with E-state index in [1.807, 2.05) is 18.2 Å². The second-order valence-corrected chi connectivity index (χ2v) is 7.63. The molecule has 0 fully saturated rings. The number of carbonyl (C=O) groups excluding carboxylic acids is 1. The molecule has 4 heteroatoms. The van der Waals surface area contributed by atoms with Crippen LogP contribution in [0.1, 0.15) is 55.6 Å². The van der Waals surface area contributed by atoms with Crippen LogP contribution in [0.25, 0.3) is 0 Å². The van der Waals surface area contributed by atoms with Gasteiger partial charge in [0.05, 0.1) is 21.3 Å². The van der Waals surface area contributed by atoms with Crippen molar-refractivity contribution >= 4 is 5.78 Å². The average Bonchev–Trinajstić information content (AvgIpc) is 2.75. The van der Waals surface area contributed by atoms with Crippen LogP contribution in [0, 0.1) is 0 Å². The van der Waals surface area contributed by atoms with E-state index in [1.54, 1.807) is 39.5 Å². The molecule has 0 radical (unpaired) electrons. The van der Waals surface area contributed by atoms with Crippen molar-refractivity contribution in [2.45, 2.75) is 40.5 Å². The maximum atomic E-state index is 13.4. The van der Waals surface area contributed by atoms with E-state index in [4.69, 9.17) is 14.2 Å². The van der Waals surface area contributed by atoms with Crippen molar-refractivity contribution < 1.29 is 19.0 Å². The van der Waals surface area contributed by atoms with Gasteiger partial charge in [-0.25, -0.2) is 0 Å². The Morgan fingerprint density at radius 2 is 1.53 bits per heavy atom. The number of carbonyl (C=O) groups is 1. The molecule has 0 N–H and O–H groups in total. The summed E-state index contributed by atoms with van der Waals surface area (Å²) in [6, 6.07) is 10.9. The summed E-state index contributed by atoms with van der Waals surface area (Å²) in [5.74, 6) is 1.43. The van der Waals surface area contributed by atoms with Gasteiger partial charge in [-0.1, -0.05) is 53.1 Å². The summed E-state index contributed by atoms with van der Waals surface area (Å²) in [4.78, 5) is 13.4. The molecule has 0 amide bonds. The van der Waals surface area contributed by atoms with Gasteiger partial charge >= 0.3 is 0 Å². The molecule has 30 heavy (non-hydrogen) atoms. The minimum absolute atomic E-state index is 0.142. The molecule has 0 aromatic heterocycles. The van der Waals surface area contributed by atoms with Gasteiger partial charge in [0, 0.05) is 23.6 Å². The minimum atomic E-state index is -0.142. The molecule has 0 aliphatic carbocycles. The van der Waals surface area contributed by atoms with E-state index in [0.717, 1.165) is 12.0 Å². The van der Waals surface area contributed by atoms with E-state index in [2.05, 4.69) is 33.8 Å². The lowest BCUT2D eigenvalue weighted by molar-refractivity contribution is 0.103. The maximum Gasteiger partial charge on any atom is 0.200 e. The molecule has 2 rings (SSSR count). The number of allylic oxidation sites excluding steroid dienone is 4. The number of hydrogen-bond acceptors (Lipinski definition) is 4. The Kier molecular flexibility index (Phi) is 8.28. The smallest absolute Gasteiger partial charge is 0.200 e. The Labute approximate surface area is 180 Å². The van der Waals surface area contributed by atoms with E-state index < -0.39 is 0 Å². The van der Waals surface area contributed by atoms with Crippen molar-refractivity contribution in [3.05, 3.63) is 75.9 Å². The lowest BCUT2D eigenvalue weighted by atomic mass is 9.92. The van der Waals surface area contributed by atoms with Crippen molar-refractivity contribution in [3.63, 3.8) is 0 Å². The number of rotatable bonds is 9. The summed E-state index contributed by atoms with van der Waals surface area (Å²) >= 11 is 0. The lowest BCUT2D eigenvalue weighted by Crippen LogP contribution is -2.10. The summed E-state index contributed by atoms with van der Waals surface area (Å²) < 4.78 is 17.0. The Morgan fingerprint density at radius 3 is 2.03 bits per heavy atom. The van der Waals surface area contributed by atoms with Crippen molar-refractivity contribution in [3.8, 4) is 17.2 Å². The zero-order chi connectivity index (χ0) is 22.3. The zero-order valence-corrected chi connectivity index (χ0v) is 19.1. The van der Waals surface area contributed by atoms with E-state index in [0.29, 0.717) is 34.8 Å². The topological polar surface area (TPSA) is 44.8 Å². The van der Waals surface area contributed by atoms with Crippen LogP contribution < -0.4 is 14.2 Å². The number of ketones is 1. The number of methoxy groups -OCH3 is 3. The SMILES string of the molecule is COc1cc(OC)c(C(=O)c2ccccc2)c(OC)c1CC(CC=C(C)C)=C(C)C. The minimum Gasteiger partial charge on any atom is -0.496 e. The highest BCUT2D eigenvalue weighted by molar-refractivity contribution is 6.13. The molecule has 0 bridgehead atoms. The highest BCUT2D eigenvalue weighted by Gasteiger charge is 2.26. The Balaban J connectivity index is 2.69. The van der Waals surface area contributed by atoms with E-state index in [9.17, 15) is 4.79 Å². The Hall–Kier alpha value is -3.01. The summed E-state index contributed by atoms with van der Waals surface area (Å²) in [6.07, 6.45) is 3.67. The van der Waals surface area contributed by atoms with Gasteiger partial charge in [-0.3, -0.25) is 4.79 Å². The summed E-state index contributed by atoms with van der Waals surface area (Å²) in [7, 11) is 4.75. The summed E-state index contributed by atoms with van der Waals surface area (Å²) in [5, 5.41) is 0. The highest BCUT2D eigenvalue weighted by atomic mass is 16.5. The molecule has 0 heterocycles. The third-order valence-electron chi connectivity index (χ3n) is 5.07. The first-order valence-corrected chi connectivity index (χ1v) is 10.0. The molecular formula is C26H32O4. The maximum absolute atomic E-state index is 13.4. The fraction of sp³-hybridized carbons (Fsp3) is 0.346. The Morgan fingerprint density at radius 1 is 0.900 bits per heavy atom. The molecule has 4 nitrogen and oxygen atoms in total. The van der Waals surface area contributed by atoms with Crippen LogP contribution in [-0.4, -0.2) is 27.1 Å². The van der Waals surface area contributed by atoms with Gasteiger partial charge in [0.2, 0.25) is 5.78 Å². The molecule has 2 aromatic carbocycles. The predicted molar refractivity (Wildman–Crippen MR) is 122 cm³/mol. The zero-order valence-electron chi connectivity index (χ0n) is 19.1. The van der Waals surface area contributed by atoms with Crippen LogP contribution in [0.4, 0.5) is 0 Å². The molecule has 0 aliphatic rings. The standard InChI is InChI=1S/C26H32O4/c1-17(2)13-14-20(18(3)4)15-21-22(28-5)16-23(29-6)24(26(21)30-7)25(27)19-11-9-8-10-12-19/h8-13,16H,14-15H2,1-7H3. The number of hydrogen-bond donors (Lipinski definition) is 0. The van der Waals surface area contributed by atoms with E-state index in [1.165, 1.54) is 16.7 Å². The second-order valence-electron chi connectivity index (χ2n) is 7.63. The fourth-order valence-corrected chi connectivity index (χ4v) is 3.33. The van der Waals surface area contributed by atoms with Gasteiger partial charge in [0.1, 0.15) is 22.8 Å². The van der Waals surface area contributed by atoms with Crippen LogP contribution in [0.5, 0.6) is 17.2 Å². The first-order valence-electron chi connectivity index (χ1n) is 10.0. The van der Waals surface area contributed by atoms with Crippen LogP contribution in [0.15, 0.2) is 59.2 Å². The molecule has 0 spiro atoms. The molecule has 0 saturated heterocycles. The highest BCUT2D eigenvalue weighted by Crippen LogP contribution is 2.42. The van der Waals surface area contributed by atoms with Gasteiger partial charge in [-0.2, -0.15) is 0 Å². The Bertz CT molecular complexity index is 945. The molecule has 0 atom stereocenters. The largest absolute Gasteiger partial charge is 0.496 e. The van der Waals surface area contributed by atoms with Gasteiger partial charge in [0.15, 0.2) is 0 Å². The van der Waals surface area contributed by atoms with Crippen molar-refractivity contribution in [1.82, 2.24) is 0 Å². The van der Waals surface area contributed by atoms with Crippen LogP contribution >= 0.6 is 0 Å².